The topological polar surface area (TPSA) is 26.0 Å². The number of hydrogen-bond acceptors (Lipinski definition) is 1. The van der Waals surface area contributed by atoms with E-state index in [4.69, 9.17) is 5.73 Å². The van der Waals surface area contributed by atoms with Crippen molar-refractivity contribution in [1.29, 1.82) is 0 Å². The van der Waals surface area contributed by atoms with Gasteiger partial charge in [-0.15, -0.1) is 0 Å². The fourth-order valence-electron chi connectivity index (χ4n) is 2.06. The summed E-state index contributed by atoms with van der Waals surface area (Å²) in [6.07, 6.45) is 8.46. The molecule has 1 saturated carbocycles. The van der Waals surface area contributed by atoms with Gasteiger partial charge in [-0.1, -0.05) is 39.5 Å². The van der Waals surface area contributed by atoms with E-state index in [1.807, 2.05) is 0 Å². The van der Waals surface area contributed by atoms with E-state index >= 15 is 0 Å². The Bertz CT molecular complexity index is 112. The highest BCUT2D eigenvalue weighted by atomic mass is 14.6. The van der Waals surface area contributed by atoms with Crippen LogP contribution in [-0.4, -0.2) is 6.04 Å². The molecule has 0 bridgehead atoms. The molecule has 0 spiro atoms. The van der Waals surface area contributed by atoms with Crippen molar-refractivity contribution >= 4 is 0 Å². The summed E-state index contributed by atoms with van der Waals surface area (Å²) in [6.45, 7) is 4.44. The van der Waals surface area contributed by atoms with Crippen molar-refractivity contribution in [3.8, 4) is 0 Å². The Balaban J connectivity index is 2.07. The summed E-state index contributed by atoms with van der Waals surface area (Å²) >= 11 is 0. The molecule has 1 heteroatoms. The van der Waals surface area contributed by atoms with Gasteiger partial charge in [-0.25, -0.2) is 0 Å². The van der Waals surface area contributed by atoms with Gasteiger partial charge in [-0.3, -0.25) is 0 Å². The molecule has 72 valence electrons. The molecule has 0 saturated heterocycles. The quantitative estimate of drug-likeness (QED) is 0.688. The second kappa shape index (κ2) is 4.86. The first-order valence-corrected chi connectivity index (χ1v) is 5.45. The summed E-state index contributed by atoms with van der Waals surface area (Å²) < 4.78 is 0. The lowest BCUT2D eigenvalue weighted by atomic mass is 9.94. The maximum Gasteiger partial charge on any atom is 0.00619 e. The van der Waals surface area contributed by atoms with E-state index in [2.05, 4.69) is 13.8 Å². The predicted molar refractivity (Wildman–Crippen MR) is 54.0 cm³/mol. The van der Waals surface area contributed by atoms with Gasteiger partial charge in [0, 0.05) is 6.04 Å². The van der Waals surface area contributed by atoms with Crippen LogP contribution in [0, 0.1) is 11.8 Å². The Morgan fingerprint density at radius 2 is 1.83 bits per heavy atom. The highest BCUT2D eigenvalue weighted by molar-refractivity contribution is 4.72. The smallest absolute Gasteiger partial charge is 0.00619 e. The molecule has 1 fully saturated rings. The molecule has 1 unspecified atom stereocenters. The van der Waals surface area contributed by atoms with Gasteiger partial charge in [0.15, 0.2) is 0 Å². The predicted octanol–water partition coefficient (Wildman–Crippen LogP) is 2.94. The van der Waals surface area contributed by atoms with Crippen molar-refractivity contribution in [2.75, 3.05) is 0 Å². The summed E-state index contributed by atoms with van der Waals surface area (Å²) in [5, 5.41) is 0. The summed E-state index contributed by atoms with van der Waals surface area (Å²) in [5.74, 6) is 1.67. The zero-order valence-electron chi connectivity index (χ0n) is 8.55. The molecule has 1 rings (SSSR count). The molecule has 0 heterocycles. The maximum absolute atomic E-state index is 5.99. The zero-order valence-corrected chi connectivity index (χ0v) is 8.55. The van der Waals surface area contributed by atoms with E-state index in [0.29, 0.717) is 12.0 Å². The van der Waals surface area contributed by atoms with Crippen molar-refractivity contribution < 1.29 is 0 Å². The summed E-state index contributed by atoms with van der Waals surface area (Å²) in [4.78, 5) is 0. The van der Waals surface area contributed by atoms with Crippen LogP contribution in [0.1, 0.15) is 52.4 Å². The van der Waals surface area contributed by atoms with Crippen molar-refractivity contribution in [2.45, 2.75) is 58.4 Å². The molecule has 0 aliphatic heterocycles. The van der Waals surface area contributed by atoms with Crippen LogP contribution < -0.4 is 5.73 Å². The van der Waals surface area contributed by atoms with E-state index in [-0.39, 0.29) is 0 Å². The van der Waals surface area contributed by atoms with Crippen LogP contribution in [0.15, 0.2) is 0 Å². The Morgan fingerprint density at radius 3 is 2.33 bits per heavy atom. The minimum absolute atomic E-state index is 0.436. The first-order valence-electron chi connectivity index (χ1n) is 5.45. The average molecular weight is 169 g/mol. The molecular formula is C11H23N. The third-order valence-corrected chi connectivity index (χ3v) is 3.24. The Morgan fingerprint density at radius 1 is 1.25 bits per heavy atom. The molecule has 0 aromatic rings. The fraction of sp³-hybridized carbons (Fsp3) is 1.00. The summed E-state index contributed by atoms with van der Waals surface area (Å²) in [7, 11) is 0. The van der Waals surface area contributed by atoms with E-state index in [9.17, 15) is 0 Å². The van der Waals surface area contributed by atoms with Crippen LogP contribution in [0.3, 0.4) is 0 Å². The van der Waals surface area contributed by atoms with E-state index in [0.717, 1.165) is 5.92 Å². The van der Waals surface area contributed by atoms with Crippen molar-refractivity contribution in [1.82, 2.24) is 0 Å². The van der Waals surface area contributed by atoms with Crippen LogP contribution >= 0.6 is 0 Å². The normalized spacial score (nSPS) is 22.0. The minimum Gasteiger partial charge on any atom is -0.327 e. The number of hydrogen-bond donors (Lipinski definition) is 1. The SMILES string of the molecule is CC(C)C(N)CCC1CCCC1. The first-order chi connectivity index (χ1) is 5.70. The third-order valence-electron chi connectivity index (χ3n) is 3.24. The Kier molecular flexibility index (Phi) is 4.07. The average Bonchev–Trinajstić information content (AvgIpc) is 2.51. The molecule has 0 amide bonds. The largest absolute Gasteiger partial charge is 0.327 e. The highest BCUT2D eigenvalue weighted by Gasteiger charge is 2.16. The highest BCUT2D eigenvalue weighted by Crippen LogP contribution is 2.29. The second-order valence-corrected chi connectivity index (χ2v) is 4.64. The van der Waals surface area contributed by atoms with Gasteiger partial charge in [0.2, 0.25) is 0 Å². The fourth-order valence-corrected chi connectivity index (χ4v) is 2.06. The van der Waals surface area contributed by atoms with Gasteiger partial charge >= 0.3 is 0 Å². The lowest BCUT2D eigenvalue weighted by Crippen LogP contribution is -2.26. The monoisotopic (exact) mass is 169 g/mol. The molecule has 1 aliphatic rings. The van der Waals surface area contributed by atoms with Crippen LogP contribution in [0.4, 0.5) is 0 Å². The van der Waals surface area contributed by atoms with Crippen LogP contribution in [0.2, 0.25) is 0 Å². The van der Waals surface area contributed by atoms with Crippen LogP contribution in [0.25, 0.3) is 0 Å². The first kappa shape index (κ1) is 10.0. The number of nitrogens with two attached hydrogens (primary N) is 1. The van der Waals surface area contributed by atoms with E-state index in [1.54, 1.807) is 0 Å². The number of rotatable bonds is 4. The Labute approximate surface area is 76.7 Å². The molecule has 0 radical (unpaired) electrons. The van der Waals surface area contributed by atoms with Gasteiger partial charge in [-0.05, 0) is 24.7 Å². The lowest BCUT2D eigenvalue weighted by Gasteiger charge is -2.17. The van der Waals surface area contributed by atoms with Crippen molar-refractivity contribution in [3.05, 3.63) is 0 Å². The molecule has 2 N–H and O–H groups in total. The standard InChI is InChI=1S/C11H23N/c1-9(2)11(12)8-7-10-5-3-4-6-10/h9-11H,3-8,12H2,1-2H3. The third kappa shape index (κ3) is 3.14. The van der Waals surface area contributed by atoms with E-state index < -0.39 is 0 Å². The van der Waals surface area contributed by atoms with Crippen LogP contribution in [-0.2, 0) is 0 Å². The van der Waals surface area contributed by atoms with Crippen LogP contribution in [0.5, 0.6) is 0 Å². The van der Waals surface area contributed by atoms with Gasteiger partial charge in [-0.2, -0.15) is 0 Å². The molecule has 0 aromatic heterocycles. The second-order valence-electron chi connectivity index (χ2n) is 4.64. The molecule has 1 atom stereocenters. The lowest BCUT2D eigenvalue weighted by molar-refractivity contribution is 0.395. The molecule has 0 aromatic carbocycles. The molecule has 1 aliphatic carbocycles. The Hall–Kier alpha value is -0.0400. The van der Waals surface area contributed by atoms with Gasteiger partial charge < -0.3 is 5.73 Å². The zero-order chi connectivity index (χ0) is 8.97. The van der Waals surface area contributed by atoms with Gasteiger partial charge in [0.25, 0.3) is 0 Å². The van der Waals surface area contributed by atoms with Crippen molar-refractivity contribution in [2.24, 2.45) is 17.6 Å². The maximum atomic E-state index is 5.99. The molecular weight excluding hydrogens is 146 g/mol. The van der Waals surface area contributed by atoms with Gasteiger partial charge in [0.1, 0.15) is 0 Å². The summed E-state index contributed by atoms with van der Waals surface area (Å²) in [6, 6.07) is 0.436. The van der Waals surface area contributed by atoms with E-state index in [1.165, 1.54) is 38.5 Å². The minimum atomic E-state index is 0.436. The molecule has 1 nitrogen and oxygen atoms in total. The van der Waals surface area contributed by atoms with Crippen molar-refractivity contribution in [3.63, 3.8) is 0 Å². The summed E-state index contributed by atoms with van der Waals surface area (Å²) in [5.41, 5.74) is 5.99. The van der Waals surface area contributed by atoms with Gasteiger partial charge in [0.05, 0.1) is 0 Å². The molecule has 12 heavy (non-hydrogen) atoms.